The third-order valence-corrected chi connectivity index (χ3v) is 5.77. The number of para-hydroxylation sites is 1. The summed E-state index contributed by atoms with van der Waals surface area (Å²) >= 11 is 0. The standard InChI is InChI=1S/C21H34N2/c1-13(2)16-17-14-11-9-10-12-15(14)22-19(17)23(21(6,7)8)18(16)20(3,4)5/h9-13,16-19,22H,1-8H3. The highest BCUT2D eigenvalue weighted by molar-refractivity contribution is 5.60. The van der Waals surface area contributed by atoms with Gasteiger partial charge in [0.05, 0.1) is 6.17 Å². The van der Waals surface area contributed by atoms with Crippen molar-refractivity contribution in [2.24, 2.45) is 17.3 Å². The number of benzene rings is 1. The van der Waals surface area contributed by atoms with Crippen molar-refractivity contribution in [3.8, 4) is 0 Å². The largest absolute Gasteiger partial charge is 0.369 e. The minimum Gasteiger partial charge on any atom is -0.369 e. The third kappa shape index (κ3) is 2.59. The Kier molecular flexibility index (Phi) is 3.83. The summed E-state index contributed by atoms with van der Waals surface area (Å²) in [5.41, 5.74) is 3.29. The molecule has 3 rings (SSSR count). The van der Waals surface area contributed by atoms with Crippen LogP contribution in [0.2, 0.25) is 0 Å². The van der Waals surface area contributed by atoms with E-state index in [1.807, 2.05) is 0 Å². The summed E-state index contributed by atoms with van der Waals surface area (Å²) in [5, 5.41) is 3.87. The number of nitrogens with zero attached hydrogens (tertiary/aromatic N) is 1. The summed E-state index contributed by atoms with van der Waals surface area (Å²) in [6, 6.07) is 9.52. The highest BCUT2D eigenvalue weighted by Gasteiger charge is 2.59. The zero-order chi connectivity index (χ0) is 17.2. The molecule has 0 aromatic heterocycles. The van der Waals surface area contributed by atoms with Crippen LogP contribution in [0.3, 0.4) is 0 Å². The molecule has 0 spiro atoms. The van der Waals surface area contributed by atoms with Gasteiger partial charge in [-0.15, -0.1) is 0 Å². The van der Waals surface area contributed by atoms with Crippen LogP contribution in [0.25, 0.3) is 0 Å². The van der Waals surface area contributed by atoms with Gasteiger partial charge >= 0.3 is 0 Å². The van der Waals surface area contributed by atoms with Gasteiger partial charge in [-0.2, -0.15) is 0 Å². The van der Waals surface area contributed by atoms with Crippen molar-refractivity contribution in [2.75, 3.05) is 5.32 Å². The second kappa shape index (κ2) is 5.24. The van der Waals surface area contributed by atoms with Gasteiger partial charge < -0.3 is 5.32 Å². The van der Waals surface area contributed by atoms with Crippen LogP contribution in [0.4, 0.5) is 5.69 Å². The molecule has 1 N–H and O–H groups in total. The predicted octanol–water partition coefficient (Wildman–Crippen LogP) is 5.32. The summed E-state index contributed by atoms with van der Waals surface area (Å²) in [7, 11) is 0. The van der Waals surface area contributed by atoms with Crippen LogP contribution in [-0.2, 0) is 0 Å². The lowest BCUT2D eigenvalue weighted by molar-refractivity contribution is 0.0123. The Labute approximate surface area is 142 Å². The minimum atomic E-state index is 0.152. The summed E-state index contributed by atoms with van der Waals surface area (Å²) in [6.45, 7) is 19.2. The summed E-state index contributed by atoms with van der Waals surface area (Å²) in [4.78, 5) is 2.78. The maximum atomic E-state index is 3.87. The Balaban J connectivity index is 2.16. The predicted molar refractivity (Wildman–Crippen MR) is 99.8 cm³/mol. The maximum Gasteiger partial charge on any atom is 0.0874 e. The van der Waals surface area contributed by atoms with E-state index >= 15 is 0 Å². The summed E-state index contributed by atoms with van der Waals surface area (Å²) < 4.78 is 0. The van der Waals surface area contributed by atoms with Crippen LogP contribution in [0, 0.1) is 17.3 Å². The molecule has 0 saturated carbocycles. The van der Waals surface area contributed by atoms with E-state index in [1.165, 1.54) is 11.3 Å². The Hall–Kier alpha value is -1.02. The van der Waals surface area contributed by atoms with E-state index in [2.05, 4.69) is 89.9 Å². The average molecular weight is 315 g/mol. The van der Waals surface area contributed by atoms with Gasteiger partial charge in [0, 0.05) is 23.2 Å². The van der Waals surface area contributed by atoms with Crippen LogP contribution in [0.15, 0.2) is 24.3 Å². The van der Waals surface area contributed by atoms with E-state index in [9.17, 15) is 0 Å². The molecule has 4 unspecified atom stereocenters. The molecule has 0 aliphatic carbocycles. The number of anilines is 1. The molecule has 2 heteroatoms. The van der Waals surface area contributed by atoms with Gasteiger partial charge in [-0.25, -0.2) is 0 Å². The fourth-order valence-electron chi connectivity index (χ4n) is 5.16. The molecule has 2 nitrogen and oxygen atoms in total. The topological polar surface area (TPSA) is 15.3 Å². The SMILES string of the molecule is CC(C)C1C2c3ccccc3NC2N(C(C)(C)C)C1C(C)(C)C. The lowest BCUT2D eigenvalue weighted by Gasteiger charge is -2.47. The second-order valence-electron chi connectivity index (χ2n) is 9.91. The number of hydrogen-bond acceptors (Lipinski definition) is 2. The Morgan fingerprint density at radius 3 is 2.13 bits per heavy atom. The van der Waals surface area contributed by atoms with Crippen molar-refractivity contribution in [1.29, 1.82) is 0 Å². The first-order chi connectivity index (χ1) is 10.5. The van der Waals surface area contributed by atoms with Gasteiger partial charge in [0.15, 0.2) is 0 Å². The van der Waals surface area contributed by atoms with Gasteiger partial charge in [0.1, 0.15) is 0 Å². The normalized spacial score (nSPS) is 31.2. The van der Waals surface area contributed by atoms with Gasteiger partial charge in [-0.3, -0.25) is 4.90 Å². The smallest absolute Gasteiger partial charge is 0.0874 e. The number of nitrogens with one attached hydrogen (secondary N) is 1. The number of rotatable bonds is 1. The van der Waals surface area contributed by atoms with Crippen molar-refractivity contribution in [2.45, 2.75) is 79.1 Å². The van der Waals surface area contributed by atoms with Crippen LogP contribution >= 0.6 is 0 Å². The zero-order valence-electron chi connectivity index (χ0n) is 16.1. The van der Waals surface area contributed by atoms with E-state index in [0.29, 0.717) is 30.0 Å². The van der Waals surface area contributed by atoms with Crippen LogP contribution in [-0.4, -0.2) is 22.6 Å². The molecule has 0 amide bonds. The summed E-state index contributed by atoms with van der Waals surface area (Å²) in [6.07, 6.45) is 0.420. The Morgan fingerprint density at radius 1 is 1.00 bits per heavy atom. The first-order valence-electron chi connectivity index (χ1n) is 9.17. The highest BCUT2D eigenvalue weighted by atomic mass is 15.4. The number of likely N-dealkylation sites (tertiary alicyclic amines) is 1. The first kappa shape index (κ1) is 16.8. The van der Waals surface area contributed by atoms with Crippen molar-refractivity contribution in [3.63, 3.8) is 0 Å². The fourth-order valence-corrected chi connectivity index (χ4v) is 5.16. The number of fused-ring (bicyclic) bond motifs is 3. The summed E-state index contributed by atoms with van der Waals surface area (Å²) in [5.74, 6) is 1.94. The zero-order valence-corrected chi connectivity index (χ0v) is 16.1. The van der Waals surface area contributed by atoms with Gasteiger partial charge in [-0.1, -0.05) is 52.8 Å². The van der Waals surface area contributed by atoms with Crippen molar-refractivity contribution in [1.82, 2.24) is 4.90 Å². The molecule has 128 valence electrons. The van der Waals surface area contributed by atoms with Gasteiger partial charge in [0.25, 0.3) is 0 Å². The molecule has 1 aromatic rings. The molecular weight excluding hydrogens is 280 g/mol. The van der Waals surface area contributed by atoms with E-state index in [-0.39, 0.29) is 11.0 Å². The van der Waals surface area contributed by atoms with E-state index in [0.717, 1.165) is 0 Å². The average Bonchev–Trinajstić information content (AvgIpc) is 2.89. The monoisotopic (exact) mass is 314 g/mol. The lowest BCUT2D eigenvalue weighted by Crippen LogP contribution is -2.56. The van der Waals surface area contributed by atoms with Crippen LogP contribution in [0.5, 0.6) is 0 Å². The third-order valence-electron chi connectivity index (χ3n) is 5.77. The lowest BCUT2D eigenvalue weighted by atomic mass is 9.70. The molecule has 23 heavy (non-hydrogen) atoms. The molecule has 0 radical (unpaired) electrons. The van der Waals surface area contributed by atoms with Gasteiger partial charge in [0.2, 0.25) is 0 Å². The highest BCUT2D eigenvalue weighted by Crippen LogP contribution is 2.57. The first-order valence-corrected chi connectivity index (χ1v) is 9.17. The van der Waals surface area contributed by atoms with Crippen molar-refractivity contribution in [3.05, 3.63) is 29.8 Å². The van der Waals surface area contributed by atoms with Crippen molar-refractivity contribution >= 4 is 5.69 Å². The van der Waals surface area contributed by atoms with Crippen LogP contribution in [0.1, 0.15) is 66.9 Å². The molecule has 2 aliphatic rings. The van der Waals surface area contributed by atoms with E-state index < -0.39 is 0 Å². The molecular formula is C21H34N2. The molecule has 2 heterocycles. The molecule has 1 aromatic carbocycles. The Morgan fingerprint density at radius 2 is 1.61 bits per heavy atom. The van der Waals surface area contributed by atoms with E-state index in [1.54, 1.807) is 0 Å². The van der Waals surface area contributed by atoms with Crippen molar-refractivity contribution < 1.29 is 0 Å². The molecule has 2 aliphatic heterocycles. The quantitative estimate of drug-likeness (QED) is 0.754. The molecule has 1 fully saturated rings. The fraction of sp³-hybridized carbons (Fsp3) is 0.714. The van der Waals surface area contributed by atoms with Gasteiger partial charge in [-0.05, 0) is 49.7 Å². The van der Waals surface area contributed by atoms with E-state index in [4.69, 9.17) is 0 Å². The molecule has 1 saturated heterocycles. The maximum absolute atomic E-state index is 3.87. The molecule has 0 bridgehead atoms. The molecule has 4 atom stereocenters. The Bertz CT molecular complexity index is 576. The number of hydrogen-bond donors (Lipinski definition) is 1. The van der Waals surface area contributed by atoms with Crippen LogP contribution < -0.4 is 5.32 Å². The second-order valence-corrected chi connectivity index (χ2v) is 9.91. The minimum absolute atomic E-state index is 0.152.